The van der Waals surface area contributed by atoms with Crippen molar-refractivity contribution in [2.24, 2.45) is 5.73 Å². The van der Waals surface area contributed by atoms with Crippen molar-refractivity contribution in [3.63, 3.8) is 0 Å². The van der Waals surface area contributed by atoms with E-state index in [9.17, 15) is 0 Å². The Morgan fingerprint density at radius 1 is 1.19 bits per heavy atom. The molecule has 0 bridgehead atoms. The van der Waals surface area contributed by atoms with Crippen molar-refractivity contribution in [1.82, 2.24) is 4.90 Å². The van der Waals surface area contributed by atoms with Crippen LogP contribution in [0.25, 0.3) is 0 Å². The lowest BCUT2D eigenvalue weighted by Crippen LogP contribution is -2.38. The molecule has 0 amide bonds. The zero-order valence-corrected chi connectivity index (χ0v) is 10.5. The molecule has 1 fully saturated rings. The highest BCUT2D eigenvalue weighted by molar-refractivity contribution is 4.72. The van der Waals surface area contributed by atoms with Crippen LogP contribution in [0.1, 0.15) is 25.7 Å². The third-order valence-electron chi connectivity index (χ3n) is 3.08. The van der Waals surface area contributed by atoms with Crippen LogP contribution in [0.15, 0.2) is 0 Å². The molecule has 1 rings (SSSR count). The standard InChI is InChI=1S/C12H26N2O2/c1-15-10-3-2-7-14-8-4-12(5-9-14)16-11-6-13/h12H,2-11,13H2,1H3. The second kappa shape index (κ2) is 8.93. The number of hydrogen-bond donors (Lipinski definition) is 1. The number of ether oxygens (including phenoxy) is 2. The van der Waals surface area contributed by atoms with Gasteiger partial charge in [0.1, 0.15) is 0 Å². The Balaban J connectivity index is 1.98. The summed E-state index contributed by atoms with van der Waals surface area (Å²) in [4.78, 5) is 2.53. The van der Waals surface area contributed by atoms with Crippen LogP contribution < -0.4 is 5.73 Å². The summed E-state index contributed by atoms with van der Waals surface area (Å²) in [7, 11) is 1.76. The second-order valence-corrected chi connectivity index (χ2v) is 4.40. The van der Waals surface area contributed by atoms with Gasteiger partial charge in [0, 0.05) is 33.4 Å². The lowest BCUT2D eigenvalue weighted by atomic mass is 10.1. The largest absolute Gasteiger partial charge is 0.385 e. The SMILES string of the molecule is COCCCCN1CCC(OCCN)CC1. The Morgan fingerprint density at radius 3 is 2.56 bits per heavy atom. The summed E-state index contributed by atoms with van der Waals surface area (Å²) in [6.45, 7) is 5.77. The first-order chi connectivity index (χ1) is 7.86. The maximum Gasteiger partial charge on any atom is 0.0600 e. The van der Waals surface area contributed by atoms with Gasteiger partial charge in [-0.2, -0.15) is 0 Å². The van der Waals surface area contributed by atoms with Crippen LogP contribution in [-0.4, -0.2) is 57.5 Å². The third-order valence-corrected chi connectivity index (χ3v) is 3.08. The van der Waals surface area contributed by atoms with E-state index in [0.29, 0.717) is 19.3 Å². The maximum absolute atomic E-state index is 5.65. The first kappa shape index (κ1) is 13.9. The van der Waals surface area contributed by atoms with E-state index in [0.717, 1.165) is 19.4 Å². The zero-order chi connectivity index (χ0) is 11.6. The molecule has 96 valence electrons. The van der Waals surface area contributed by atoms with E-state index in [1.54, 1.807) is 7.11 Å². The zero-order valence-electron chi connectivity index (χ0n) is 10.5. The fourth-order valence-corrected chi connectivity index (χ4v) is 2.12. The van der Waals surface area contributed by atoms with E-state index in [1.807, 2.05) is 0 Å². The molecule has 2 N–H and O–H groups in total. The molecular weight excluding hydrogens is 204 g/mol. The number of nitrogens with zero attached hydrogens (tertiary/aromatic N) is 1. The minimum absolute atomic E-state index is 0.443. The molecule has 0 unspecified atom stereocenters. The number of methoxy groups -OCH3 is 1. The lowest BCUT2D eigenvalue weighted by Gasteiger charge is -2.31. The smallest absolute Gasteiger partial charge is 0.0600 e. The predicted molar refractivity (Wildman–Crippen MR) is 65.6 cm³/mol. The van der Waals surface area contributed by atoms with E-state index in [-0.39, 0.29) is 0 Å². The Morgan fingerprint density at radius 2 is 1.94 bits per heavy atom. The van der Waals surface area contributed by atoms with Crippen LogP contribution in [0, 0.1) is 0 Å². The quantitative estimate of drug-likeness (QED) is 0.628. The Hall–Kier alpha value is -0.160. The van der Waals surface area contributed by atoms with E-state index < -0.39 is 0 Å². The average molecular weight is 230 g/mol. The molecule has 0 aromatic heterocycles. The molecule has 4 nitrogen and oxygen atoms in total. The van der Waals surface area contributed by atoms with Gasteiger partial charge in [0.2, 0.25) is 0 Å². The summed E-state index contributed by atoms with van der Waals surface area (Å²) in [6.07, 6.45) is 5.16. The molecule has 0 aliphatic carbocycles. The molecule has 4 heteroatoms. The molecule has 0 atom stereocenters. The van der Waals surface area contributed by atoms with Crippen LogP contribution in [0.4, 0.5) is 0 Å². The highest BCUT2D eigenvalue weighted by Gasteiger charge is 2.18. The number of likely N-dealkylation sites (tertiary alicyclic amines) is 1. The fourth-order valence-electron chi connectivity index (χ4n) is 2.12. The van der Waals surface area contributed by atoms with Gasteiger partial charge in [0.05, 0.1) is 12.7 Å². The highest BCUT2D eigenvalue weighted by Crippen LogP contribution is 2.13. The minimum Gasteiger partial charge on any atom is -0.385 e. The molecular formula is C12H26N2O2. The Labute approximate surface area is 99.1 Å². The minimum atomic E-state index is 0.443. The number of nitrogens with two attached hydrogens (primary N) is 1. The fraction of sp³-hybridized carbons (Fsp3) is 1.00. The molecule has 0 radical (unpaired) electrons. The summed E-state index contributed by atoms with van der Waals surface area (Å²) < 4.78 is 10.7. The van der Waals surface area contributed by atoms with Crippen LogP contribution in [-0.2, 0) is 9.47 Å². The van der Waals surface area contributed by atoms with Crippen molar-refractivity contribution < 1.29 is 9.47 Å². The van der Waals surface area contributed by atoms with Crippen LogP contribution in [0.3, 0.4) is 0 Å². The molecule has 16 heavy (non-hydrogen) atoms. The Bertz CT molecular complexity index is 159. The van der Waals surface area contributed by atoms with Crippen molar-refractivity contribution in [3.8, 4) is 0 Å². The topological polar surface area (TPSA) is 47.7 Å². The van der Waals surface area contributed by atoms with Gasteiger partial charge >= 0.3 is 0 Å². The van der Waals surface area contributed by atoms with Gasteiger partial charge in [-0.3, -0.25) is 0 Å². The molecule has 0 aromatic carbocycles. The normalized spacial score (nSPS) is 19.1. The van der Waals surface area contributed by atoms with Crippen LogP contribution >= 0.6 is 0 Å². The van der Waals surface area contributed by atoms with Gasteiger partial charge in [-0.25, -0.2) is 0 Å². The molecule has 0 spiro atoms. The van der Waals surface area contributed by atoms with Gasteiger partial charge in [-0.05, 0) is 32.2 Å². The number of piperidine rings is 1. The summed E-state index contributed by atoms with van der Waals surface area (Å²) in [6, 6.07) is 0. The van der Waals surface area contributed by atoms with Crippen LogP contribution in [0.5, 0.6) is 0 Å². The predicted octanol–water partition coefficient (Wildman–Crippen LogP) is 0.853. The van der Waals surface area contributed by atoms with Crippen LogP contribution in [0.2, 0.25) is 0 Å². The molecule has 0 aromatic rings. The summed E-state index contributed by atoms with van der Waals surface area (Å²) in [5.41, 5.74) is 5.42. The Kier molecular flexibility index (Phi) is 7.76. The van der Waals surface area contributed by atoms with Gasteiger partial charge in [0.25, 0.3) is 0 Å². The van der Waals surface area contributed by atoms with Gasteiger partial charge in [-0.1, -0.05) is 0 Å². The van der Waals surface area contributed by atoms with Gasteiger partial charge in [0.15, 0.2) is 0 Å². The highest BCUT2D eigenvalue weighted by atomic mass is 16.5. The molecule has 1 aliphatic heterocycles. The maximum atomic E-state index is 5.65. The van der Waals surface area contributed by atoms with Crippen molar-refractivity contribution in [1.29, 1.82) is 0 Å². The van der Waals surface area contributed by atoms with E-state index in [2.05, 4.69) is 4.90 Å². The van der Waals surface area contributed by atoms with E-state index >= 15 is 0 Å². The van der Waals surface area contributed by atoms with Gasteiger partial charge < -0.3 is 20.1 Å². The summed E-state index contributed by atoms with van der Waals surface area (Å²) >= 11 is 0. The number of hydrogen-bond acceptors (Lipinski definition) is 4. The van der Waals surface area contributed by atoms with Crippen molar-refractivity contribution in [2.45, 2.75) is 31.8 Å². The van der Waals surface area contributed by atoms with Crippen molar-refractivity contribution in [2.75, 3.05) is 46.5 Å². The van der Waals surface area contributed by atoms with E-state index in [1.165, 1.54) is 32.5 Å². The lowest BCUT2D eigenvalue weighted by molar-refractivity contribution is 0.0109. The second-order valence-electron chi connectivity index (χ2n) is 4.40. The third kappa shape index (κ3) is 5.80. The number of unbranched alkanes of at least 4 members (excludes halogenated alkanes) is 1. The molecule has 1 aliphatic rings. The molecule has 1 heterocycles. The molecule has 0 saturated carbocycles. The summed E-state index contributed by atoms with van der Waals surface area (Å²) in [5, 5.41) is 0. The van der Waals surface area contributed by atoms with Crippen molar-refractivity contribution in [3.05, 3.63) is 0 Å². The first-order valence-electron chi connectivity index (χ1n) is 6.39. The average Bonchev–Trinajstić information content (AvgIpc) is 2.33. The summed E-state index contributed by atoms with van der Waals surface area (Å²) in [5.74, 6) is 0. The van der Waals surface area contributed by atoms with E-state index in [4.69, 9.17) is 15.2 Å². The monoisotopic (exact) mass is 230 g/mol. The number of rotatable bonds is 8. The van der Waals surface area contributed by atoms with Gasteiger partial charge in [-0.15, -0.1) is 0 Å². The first-order valence-corrected chi connectivity index (χ1v) is 6.39. The van der Waals surface area contributed by atoms with Crippen molar-refractivity contribution >= 4 is 0 Å². The molecule has 1 saturated heterocycles.